The Kier molecular flexibility index (Phi) is 2.85. The van der Waals surface area contributed by atoms with Crippen LogP contribution in [0.1, 0.15) is 33.6 Å². The minimum atomic E-state index is -2.94. The predicted octanol–water partition coefficient (Wildman–Crippen LogP) is 2.01. The molecule has 104 valence electrons. The first-order chi connectivity index (χ1) is 8.05. The molecule has 0 bridgehead atoms. The molecule has 1 spiro atoms. The number of carbonyl (C=O) groups is 1. The van der Waals surface area contributed by atoms with Crippen molar-refractivity contribution in [3.63, 3.8) is 0 Å². The standard InChI is InChI=1S/C12H19F2NO3/c1-10(2,3)18-9(17)15-6-11(4-8(16)5-11)12(13,14)7-15/h8,16H,4-7H2,1-3H3. The Balaban J connectivity index is 2.05. The molecule has 1 saturated carbocycles. The van der Waals surface area contributed by atoms with E-state index in [-0.39, 0.29) is 19.4 Å². The summed E-state index contributed by atoms with van der Waals surface area (Å²) in [4.78, 5) is 12.8. The number of hydrogen-bond donors (Lipinski definition) is 1. The summed E-state index contributed by atoms with van der Waals surface area (Å²) in [7, 11) is 0. The molecular formula is C12H19F2NO3. The number of rotatable bonds is 0. The van der Waals surface area contributed by atoms with Crippen LogP contribution < -0.4 is 0 Å². The van der Waals surface area contributed by atoms with Gasteiger partial charge in [0.1, 0.15) is 5.60 Å². The molecule has 1 heterocycles. The Morgan fingerprint density at radius 3 is 2.33 bits per heavy atom. The second-order valence-electron chi connectivity index (χ2n) is 6.38. The first-order valence-corrected chi connectivity index (χ1v) is 6.09. The van der Waals surface area contributed by atoms with Gasteiger partial charge in [-0.2, -0.15) is 0 Å². The zero-order valence-electron chi connectivity index (χ0n) is 10.9. The monoisotopic (exact) mass is 263 g/mol. The number of aliphatic hydroxyl groups excluding tert-OH is 1. The summed E-state index contributed by atoms with van der Waals surface area (Å²) in [6, 6.07) is 0. The van der Waals surface area contributed by atoms with Crippen LogP contribution in [0.4, 0.5) is 13.6 Å². The van der Waals surface area contributed by atoms with Gasteiger partial charge in [-0.15, -0.1) is 0 Å². The van der Waals surface area contributed by atoms with Gasteiger partial charge >= 0.3 is 6.09 Å². The topological polar surface area (TPSA) is 49.8 Å². The van der Waals surface area contributed by atoms with E-state index in [1.165, 1.54) is 0 Å². The Hall–Kier alpha value is -0.910. The van der Waals surface area contributed by atoms with Crippen LogP contribution in [0, 0.1) is 5.41 Å². The van der Waals surface area contributed by atoms with E-state index in [4.69, 9.17) is 4.74 Å². The maximum Gasteiger partial charge on any atom is 0.410 e. The van der Waals surface area contributed by atoms with Gasteiger partial charge in [0.05, 0.1) is 18.1 Å². The highest BCUT2D eigenvalue weighted by atomic mass is 19.3. The second-order valence-corrected chi connectivity index (χ2v) is 6.38. The van der Waals surface area contributed by atoms with E-state index in [1.54, 1.807) is 20.8 Å². The molecule has 1 aliphatic carbocycles. The molecule has 0 atom stereocenters. The summed E-state index contributed by atoms with van der Waals surface area (Å²) in [6.07, 6.45) is -1.27. The Bertz CT molecular complexity index is 359. The van der Waals surface area contributed by atoms with Crippen LogP contribution in [-0.2, 0) is 4.74 Å². The number of ether oxygens (including phenoxy) is 1. The molecule has 0 aromatic carbocycles. The zero-order chi connectivity index (χ0) is 13.8. The molecule has 1 amide bonds. The number of carbonyl (C=O) groups excluding carboxylic acids is 1. The minimum absolute atomic E-state index is 0.0357. The maximum absolute atomic E-state index is 13.9. The molecule has 0 radical (unpaired) electrons. The average Bonchev–Trinajstić information content (AvgIpc) is 2.35. The fourth-order valence-electron chi connectivity index (χ4n) is 2.67. The predicted molar refractivity (Wildman–Crippen MR) is 60.4 cm³/mol. The molecule has 1 N–H and O–H groups in total. The van der Waals surface area contributed by atoms with Crippen molar-refractivity contribution in [2.45, 2.75) is 51.2 Å². The van der Waals surface area contributed by atoms with E-state index in [0.29, 0.717) is 0 Å². The Morgan fingerprint density at radius 1 is 1.33 bits per heavy atom. The van der Waals surface area contributed by atoms with Gasteiger partial charge in [0, 0.05) is 6.54 Å². The molecule has 2 fully saturated rings. The lowest BCUT2D eigenvalue weighted by Crippen LogP contribution is -2.52. The highest BCUT2D eigenvalue weighted by Crippen LogP contribution is 2.56. The van der Waals surface area contributed by atoms with Gasteiger partial charge < -0.3 is 14.7 Å². The molecule has 2 rings (SSSR count). The number of alkyl halides is 2. The van der Waals surface area contributed by atoms with Crippen molar-refractivity contribution >= 4 is 6.09 Å². The van der Waals surface area contributed by atoms with Crippen molar-refractivity contribution < 1.29 is 23.4 Å². The number of aliphatic hydroxyl groups is 1. The molecule has 6 heteroatoms. The number of hydrogen-bond acceptors (Lipinski definition) is 3. The van der Waals surface area contributed by atoms with Crippen LogP contribution in [0.15, 0.2) is 0 Å². The maximum atomic E-state index is 13.9. The normalized spacial score (nSPS) is 34.6. The van der Waals surface area contributed by atoms with Gasteiger partial charge in [0.15, 0.2) is 0 Å². The van der Waals surface area contributed by atoms with Crippen molar-refractivity contribution in [3.8, 4) is 0 Å². The lowest BCUT2D eigenvalue weighted by Gasteiger charge is -2.45. The molecule has 2 aliphatic rings. The van der Waals surface area contributed by atoms with Gasteiger partial charge in [-0.3, -0.25) is 0 Å². The smallest absolute Gasteiger partial charge is 0.410 e. The molecule has 0 aromatic rings. The lowest BCUT2D eigenvalue weighted by atomic mass is 9.64. The van der Waals surface area contributed by atoms with Crippen LogP contribution in [0.3, 0.4) is 0 Å². The summed E-state index contributed by atoms with van der Waals surface area (Å²) in [5.74, 6) is -2.94. The third-order valence-electron chi connectivity index (χ3n) is 3.56. The van der Waals surface area contributed by atoms with Crippen molar-refractivity contribution in [2.24, 2.45) is 5.41 Å². The number of nitrogens with zero attached hydrogens (tertiary/aromatic N) is 1. The molecule has 0 aromatic heterocycles. The van der Waals surface area contributed by atoms with Crippen LogP contribution in [0.25, 0.3) is 0 Å². The fourth-order valence-corrected chi connectivity index (χ4v) is 2.67. The van der Waals surface area contributed by atoms with Gasteiger partial charge in [-0.05, 0) is 33.6 Å². The van der Waals surface area contributed by atoms with Crippen LogP contribution in [0.2, 0.25) is 0 Å². The molecular weight excluding hydrogens is 244 g/mol. The van der Waals surface area contributed by atoms with E-state index >= 15 is 0 Å². The molecule has 1 aliphatic heterocycles. The lowest BCUT2D eigenvalue weighted by molar-refractivity contribution is -0.165. The molecule has 18 heavy (non-hydrogen) atoms. The molecule has 0 unspecified atom stereocenters. The van der Waals surface area contributed by atoms with Gasteiger partial charge in [-0.25, -0.2) is 13.6 Å². The average molecular weight is 263 g/mol. The summed E-state index contributed by atoms with van der Waals surface area (Å²) < 4.78 is 32.9. The van der Waals surface area contributed by atoms with E-state index < -0.39 is 35.7 Å². The van der Waals surface area contributed by atoms with Gasteiger partial charge in [0.25, 0.3) is 5.92 Å². The van der Waals surface area contributed by atoms with E-state index in [1.807, 2.05) is 0 Å². The van der Waals surface area contributed by atoms with Crippen LogP contribution >= 0.6 is 0 Å². The first-order valence-electron chi connectivity index (χ1n) is 6.09. The fraction of sp³-hybridized carbons (Fsp3) is 0.917. The third kappa shape index (κ3) is 2.18. The molecule has 4 nitrogen and oxygen atoms in total. The number of amides is 1. The highest BCUT2D eigenvalue weighted by Gasteiger charge is 2.66. The third-order valence-corrected chi connectivity index (χ3v) is 3.56. The second kappa shape index (κ2) is 3.79. The van der Waals surface area contributed by atoms with Crippen LogP contribution in [-0.4, -0.2) is 46.8 Å². The first kappa shape index (κ1) is 13.5. The van der Waals surface area contributed by atoms with Gasteiger partial charge in [-0.1, -0.05) is 0 Å². The van der Waals surface area contributed by atoms with E-state index in [0.717, 1.165) is 4.90 Å². The van der Waals surface area contributed by atoms with Crippen molar-refractivity contribution in [3.05, 3.63) is 0 Å². The number of halogens is 2. The van der Waals surface area contributed by atoms with Crippen molar-refractivity contribution in [1.29, 1.82) is 0 Å². The van der Waals surface area contributed by atoms with Crippen LogP contribution in [0.5, 0.6) is 0 Å². The van der Waals surface area contributed by atoms with Crippen molar-refractivity contribution in [1.82, 2.24) is 4.90 Å². The zero-order valence-corrected chi connectivity index (χ0v) is 10.9. The Morgan fingerprint density at radius 2 is 1.89 bits per heavy atom. The summed E-state index contributed by atoms with van der Waals surface area (Å²) in [5, 5.41) is 9.25. The summed E-state index contributed by atoms with van der Waals surface area (Å²) in [6.45, 7) is 4.44. The molecule has 1 saturated heterocycles. The summed E-state index contributed by atoms with van der Waals surface area (Å²) >= 11 is 0. The van der Waals surface area contributed by atoms with E-state index in [9.17, 15) is 18.7 Å². The minimum Gasteiger partial charge on any atom is -0.444 e. The number of likely N-dealkylation sites (tertiary alicyclic amines) is 1. The quantitative estimate of drug-likeness (QED) is 0.727. The van der Waals surface area contributed by atoms with E-state index in [2.05, 4.69) is 0 Å². The highest BCUT2D eigenvalue weighted by molar-refractivity contribution is 5.69. The van der Waals surface area contributed by atoms with Gasteiger partial charge in [0.2, 0.25) is 0 Å². The largest absolute Gasteiger partial charge is 0.444 e. The Labute approximate surface area is 105 Å². The SMILES string of the molecule is CC(C)(C)OC(=O)N1CC(F)(F)C2(CC(O)C2)C1. The van der Waals surface area contributed by atoms with Crippen molar-refractivity contribution in [2.75, 3.05) is 13.1 Å². The summed E-state index contributed by atoms with van der Waals surface area (Å²) in [5.41, 5.74) is -1.94.